The van der Waals surface area contributed by atoms with Crippen LogP contribution in [-0.4, -0.2) is 12.5 Å². The summed E-state index contributed by atoms with van der Waals surface area (Å²) in [6.45, 7) is 5.76. The van der Waals surface area contributed by atoms with E-state index in [0.29, 0.717) is 40.9 Å². The molecule has 104 valence electrons. The maximum absolute atomic E-state index is 11.4. The van der Waals surface area contributed by atoms with Gasteiger partial charge < -0.3 is 10.2 Å². The number of hydrogen-bond donors (Lipinski definition) is 2. The monoisotopic (exact) mass is 302 g/mol. The summed E-state index contributed by atoms with van der Waals surface area (Å²) in [5.41, 5.74) is 5.84. The molecule has 0 heterocycles. The third-order valence-electron chi connectivity index (χ3n) is 2.11. The lowest BCUT2D eigenvalue weighted by Crippen LogP contribution is -2.35. The van der Waals surface area contributed by atoms with Crippen LogP contribution in [0.1, 0.15) is 19.8 Å². The number of halogens is 2. The Hall–Kier alpha value is -1.39. The van der Waals surface area contributed by atoms with E-state index in [9.17, 15) is 4.79 Å². The van der Waals surface area contributed by atoms with Crippen LogP contribution in [-0.2, 0) is 4.79 Å². The van der Waals surface area contributed by atoms with Gasteiger partial charge in [-0.3, -0.25) is 10.2 Å². The van der Waals surface area contributed by atoms with Gasteiger partial charge in [-0.25, -0.2) is 0 Å². The summed E-state index contributed by atoms with van der Waals surface area (Å²) in [4.78, 5) is 11.4. The van der Waals surface area contributed by atoms with Crippen LogP contribution in [0.25, 0.3) is 0 Å². The fourth-order valence-electron chi connectivity index (χ4n) is 1.25. The lowest BCUT2D eigenvalue weighted by atomic mass is 10.3. The molecule has 1 rings (SSSR count). The van der Waals surface area contributed by atoms with Gasteiger partial charge in [0, 0.05) is 17.1 Å². The van der Waals surface area contributed by atoms with Crippen molar-refractivity contribution in [2.24, 2.45) is 0 Å². The summed E-state index contributed by atoms with van der Waals surface area (Å²) < 4.78 is 5.46. The first-order valence-corrected chi connectivity index (χ1v) is 6.53. The van der Waals surface area contributed by atoms with Crippen molar-refractivity contribution in [1.29, 1.82) is 0 Å². The SMILES string of the molecule is C=C(C)NNC(=O)CCCOc1ccc(Cl)cc1Cl. The molecule has 1 amide bonds. The Bertz CT molecular complexity index is 464. The predicted molar refractivity (Wildman–Crippen MR) is 77.3 cm³/mol. The van der Waals surface area contributed by atoms with Crippen molar-refractivity contribution in [1.82, 2.24) is 10.9 Å². The van der Waals surface area contributed by atoms with E-state index < -0.39 is 0 Å². The molecular weight excluding hydrogens is 287 g/mol. The van der Waals surface area contributed by atoms with E-state index in [1.165, 1.54) is 0 Å². The minimum atomic E-state index is -0.117. The molecule has 0 unspecified atom stereocenters. The average molecular weight is 303 g/mol. The second-order valence-electron chi connectivity index (χ2n) is 3.98. The van der Waals surface area contributed by atoms with Gasteiger partial charge in [0.05, 0.1) is 11.6 Å². The van der Waals surface area contributed by atoms with Gasteiger partial charge >= 0.3 is 0 Å². The molecule has 0 aliphatic carbocycles. The molecule has 0 radical (unpaired) electrons. The molecule has 1 aromatic rings. The summed E-state index contributed by atoms with van der Waals surface area (Å²) in [6.07, 6.45) is 0.939. The van der Waals surface area contributed by atoms with E-state index in [-0.39, 0.29) is 5.91 Å². The number of rotatable bonds is 7. The highest BCUT2D eigenvalue weighted by molar-refractivity contribution is 6.35. The van der Waals surface area contributed by atoms with Crippen molar-refractivity contribution in [3.05, 3.63) is 40.5 Å². The number of ether oxygens (including phenoxy) is 1. The Morgan fingerprint density at radius 1 is 1.37 bits per heavy atom. The first-order chi connectivity index (χ1) is 8.99. The summed E-state index contributed by atoms with van der Waals surface area (Å²) in [5.74, 6) is 0.445. The maximum Gasteiger partial charge on any atom is 0.238 e. The topological polar surface area (TPSA) is 50.4 Å². The van der Waals surface area contributed by atoms with Crippen LogP contribution in [0.3, 0.4) is 0 Å². The zero-order valence-corrected chi connectivity index (χ0v) is 12.1. The van der Waals surface area contributed by atoms with Gasteiger partial charge in [0.2, 0.25) is 5.91 Å². The second kappa shape index (κ2) is 7.92. The van der Waals surface area contributed by atoms with E-state index in [2.05, 4.69) is 17.4 Å². The highest BCUT2D eigenvalue weighted by Gasteiger charge is 2.04. The zero-order valence-electron chi connectivity index (χ0n) is 10.6. The number of nitrogens with one attached hydrogen (secondary N) is 2. The molecule has 4 nitrogen and oxygen atoms in total. The van der Waals surface area contributed by atoms with Gasteiger partial charge in [-0.15, -0.1) is 0 Å². The first-order valence-electron chi connectivity index (χ1n) is 5.77. The third kappa shape index (κ3) is 6.36. The molecule has 0 fully saturated rings. The zero-order chi connectivity index (χ0) is 14.3. The van der Waals surface area contributed by atoms with Gasteiger partial charge in [0.25, 0.3) is 0 Å². The molecular formula is C13H16Cl2N2O2. The van der Waals surface area contributed by atoms with Gasteiger partial charge in [0.15, 0.2) is 0 Å². The molecule has 1 aromatic carbocycles. The van der Waals surface area contributed by atoms with E-state index in [1.807, 2.05) is 0 Å². The van der Waals surface area contributed by atoms with Crippen LogP contribution >= 0.6 is 23.2 Å². The molecule has 0 aliphatic rings. The maximum atomic E-state index is 11.4. The molecule has 0 aromatic heterocycles. The van der Waals surface area contributed by atoms with Gasteiger partial charge in [-0.1, -0.05) is 29.8 Å². The normalized spacial score (nSPS) is 9.84. The van der Waals surface area contributed by atoms with Gasteiger partial charge in [-0.2, -0.15) is 0 Å². The van der Waals surface area contributed by atoms with Crippen molar-refractivity contribution in [2.75, 3.05) is 6.61 Å². The summed E-state index contributed by atoms with van der Waals surface area (Å²) in [6, 6.07) is 5.02. The van der Waals surface area contributed by atoms with E-state index in [0.717, 1.165) is 0 Å². The molecule has 0 saturated heterocycles. The molecule has 2 N–H and O–H groups in total. The predicted octanol–water partition coefficient (Wildman–Crippen LogP) is 3.31. The fraction of sp³-hybridized carbons (Fsp3) is 0.308. The Morgan fingerprint density at radius 3 is 2.74 bits per heavy atom. The Morgan fingerprint density at radius 2 is 2.11 bits per heavy atom. The van der Waals surface area contributed by atoms with Crippen molar-refractivity contribution in [3.63, 3.8) is 0 Å². The Labute approximate surface area is 122 Å². The molecule has 0 atom stereocenters. The number of hydrogen-bond acceptors (Lipinski definition) is 3. The highest BCUT2D eigenvalue weighted by atomic mass is 35.5. The first kappa shape index (κ1) is 15.7. The highest BCUT2D eigenvalue weighted by Crippen LogP contribution is 2.27. The number of amides is 1. The fourth-order valence-corrected chi connectivity index (χ4v) is 1.71. The molecule has 19 heavy (non-hydrogen) atoms. The van der Waals surface area contributed by atoms with Crippen LogP contribution in [0.4, 0.5) is 0 Å². The number of hydrazine groups is 1. The van der Waals surface area contributed by atoms with E-state index in [1.54, 1.807) is 25.1 Å². The number of carbonyl (C=O) groups is 1. The Kier molecular flexibility index (Phi) is 6.53. The largest absolute Gasteiger partial charge is 0.492 e. The standard InChI is InChI=1S/C13H16Cl2N2O2/c1-9(2)16-17-13(18)4-3-7-19-12-6-5-10(14)8-11(12)15/h5-6,8,16H,1,3-4,7H2,2H3,(H,17,18). The number of benzene rings is 1. The van der Waals surface area contributed by atoms with Crippen LogP contribution in [0.2, 0.25) is 10.0 Å². The molecule has 6 heteroatoms. The van der Waals surface area contributed by atoms with Crippen molar-refractivity contribution >= 4 is 29.1 Å². The molecule has 0 spiro atoms. The molecule has 0 aliphatic heterocycles. The summed E-state index contributed by atoms with van der Waals surface area (Å²) in [7, 11) is 0. The quantitative estimate of drug-likeness (QED) is 0.600. The average Bonchev–Trinajstić information content (AvgIpc) is 2.34. The van der Waals surface area contributed by atoms with Crippen LogP contribution < -0.4 is 15.6 Å². The molecule has 0 saturated carbocycles. The van der Waals surface area contributed by atoms with Crippen LogP contribution in [0, 0.1) is 0 Å². The van der Waals surface area contributed by atoms with Gasteiger partial charge in [0.1, 0.15) is 5.75 Å². The number of allylic oxidation sites excluding steroid dienone is 1. The lowest BCUT2D eigenvalue weighted by molar-refractivity contribution is -0.122. The van der Waals surface area contributed by atoms with Crippen LogP contribution in [0.15, 0.2) is 30.5 Å². The lowest BCUT2D eigenvalue weighted by Gasteiger charge is -2.09. The molecule has 0 bridgehead atoms. The Balaban J connectivity index is 2.23. The minimum Gasteiger partial charge on any atom is -0.492 e. The summed E-state index contributed by atoms with van der Waals surface area (Å²) in [5, 5.41) is 1.02. The van der Waals surface area contributed by atoms with E-state index in [4.69, 9.17) is 27.9 Å². The smallest absolute Gasteiger partial charge is 0.238 e. The van der Waals surface area contributed by atoms with Crippen molar-refractivity contribution in [3.8, 4) is 5.75 Å². The van der Waals surface area contributed by atoms with Crippen molar-refractivity contribution in [2.45, 2.75) is 19.8 Å². The second-order valence-corrected chi connectivity index (χ2v) is 4.82. The van der Waals surface area contributed by atoms with Crippen LogP contribution in [0.5, 0.6) is 5.75 Å². The number of carbonyl (C=O) groups excluding carboxylic acids is 1. The van der Waals surface area contributed by atoms with Crippen molar-refractivity contribution < 1.29 is 9.53 Å². The van der Waals surface area contributed by atoms with Gasteiger partial charge in [-0.05, 0) is 31.5 Å². The van der Waals surface area contributed by atoms with E-state index >= 15 is 0 Å². The minimum absolute atomic E-state index is 0.117. The third-order valence-corrected chi connectivity index (χ3v) is 2.65. The summed E-state index contributed by atoms with van der Waals surface area (Å²) >= 11 is 11.7.